The van der Waals surface area contributed by atoms with Gasteiger partial charge in [-0.1, -0.05) is 116 Å². The fourth-order valence-electron chi connectivity index (χ4n) is 4.18. The maximum atomic E-state index is 12.2. The second-order valence-electron chi connectivity index (χ2n) is 11.8. The number of nitrogens with zero attached hydrogens (tertiary/aromatic N) is 1. The molecule has 0 bridgehead atoms. The van der Waals surface area contributed by atoms with Gasteiger partial charge in [-0.25, -0.2) is 4.57 Å². The third kappa shape index (κ3) is 25.9. The lowest BCUT2D eigenvalue weighted by molar-refractivity contribution is -0.870. The molecule has 0 aliphatic heterocycles. The van der Waals surface area contributed by atoms with Crippen LogP contribution in [-0.4, -0.2) is 73.4 Å². The highest BCUT2D eigenvalue weighted by molar-refractivity contribution is 7.47. The summed E-state index contributed by atoms with van der Waals surface area (Å²) in [4.78, 5) is 21.9. The summed E-state index contributed by atoms with van der Waals surface area (Å²) in [5.41, 5.74) is 0. The molecule has 0 aliphatic rings. The Hall–Kier alpha value is -0.760. The molecule has 0 spiro atoms. The Morgan fingerprint density at radius 1 is 0.846 bits per heavy atom. The first-order valence-corrected chi connectivity index (χ1v) is 17.1. The first kappa shape index (κ1) is 38.2. The van der Waals surface area contributed by atoms with E-state index in [4.69, 9.17) is 9.05 Å². The Morgan fingerprint density at radius 3 is 1.79 bits per heavy atom. The standard InChI is InChI=1S/C30H61N2O6P/c1-6-8-9-10-11-12-13-14-15-16-17-18-19-20-21-22-23-24-29(33)28(31-30(34)7-2)27-38-39(35,36)37-26-25-32(3,4)5/h23-24,28-29,33H,6-22,25-27H2,1-5H3,(H-,31,34,35,36)/p+1/b24-23+. The van der Waals surface area contributed by atoms with Crippen LogP contribution >= 0.6 is 7.82 Å². The van der Waals surface area contributed by atoms with E-state index >= 15 is 0 Å². The van der Waals surface area contributed by atoms with Crippen LogP contribution in [0.2, 0.25) is 0 Å². The van der Waals surface area contributed by atoms with E-state index in [9.17, 15) is 19.4 Å². The Kier molecular flexibility index (Phi) is 23.4. The van der Waals surface area contributed by atoms with E-state index in [2.05, 4.69) is 12.2 Å². The maximum absolute atomic E-state index is 12.2. The minimum Gasteiger partial charge on any atom is -0.387 e. The molecule has 9 heteroatoms. The second kappa shape index (κ2) is 23.9. The molecular formula is C30H62N2O6P+. The van der Waals surface area contributed by atoms with Gasteiger partial charge in [0, 0.05) is 6.42 Å². The number of likely N-dealkylation sites (N-methyl/N-ethyl adjacent to an activating group) is 1. The maximum Gasteiger partial charge on any atom is 0.472 e. The molecule has 0 aromatic carbocycles. The van der Waals surface area contributed by atoms with Crippen LogP contribution in [0.15, 0.2) is 12.2 Å². The topological polar surface area (TPSA) is 105 Å². The average Bonchev–Trinajstić information content (AvgIpc) is 2.87. The molecule has 0 aromatic heterocycles. The van der Waals surface area contributed by atoms with Crippen molar-refractivity contribution < 1.29 is 32.9 Å². The zero-order chi connectivity index (χ0) is 29.4. The minimum atomic E-state index is -4.29. The van der Waals surface area contributed by atoms with Crippen LogP contribution in [0.3, 0.4) is 0 Å². The van der Waals surface area contributed by atoms with Gasteiger partial charge in [0.15, 0.2) is 0 Å². The van der Waals surface area contributed by atoms with Crippen LogP contribution in [0.4, 0.5) is 0 Å². The third-order valence-corrected chi connectivity index (χ3v) is 7.81. The van der Waals surface area contributed by atoms with Crippen LogP contribution in [0.1, 0.15) is 123 Å². The van der Waals surface area contributed by atoms with Gasteiger partial charge in [-0.15, -0.1) is 0 Å². The number of hydrogen-bond acceptors (Lipinski definition) is 5. The molecule has 0 radical (unpaired) electrons. The summed E-state index contributed by atoms with van der Waals surface area (Å²) in [6.07, 6.45) is 23.5. The van der Waals surface area contributed by atoms with Gasteiger partial charge < -0.3 is 19.8 Å². The van der Waals surface area contributed by atoms with Crippen molar-refractivity contribution in [2.75, 3.05) is 40.9 Å². The van der Waals surface area contributed by atoms with Crippen LogP contribution in [-0.2, 0) is 18.4 Å². The van der Waals surface area contributed by atoms with Crippen molar-refractivity contribution in [1.82, 2.24) is 5.32 Å². The van der Waals surface area contributed by atoms with Crippen molar-refractivity contribution in [3.8, 4) is 0 Å². The molecule has 0 aromatic rings. The van der Waals surface area contributed by atoms with E-state index in [0.717, 1.165) is 19.3 Å². The number of carbonyl (C=O) groups is 1. The summed E-state index contributed by atoms with van der Waals surface area (Å²) in [5.74, 6) is -0.266. The van der Waals surface area contributed by atoms with Gasteiger partial charge in [0.05, 0.1) is 39.9 Å². The van der Waals surface area contributed by atoms with E-state index in [0.29, 0.717) is 11.0 Å². The van der Waals surface area contributed by atoms with Crippen LogP contribution < -0.4 is 5.32 Å². The summed E-state index contributed by atoms with van der Waals surface area (Å²) in [6.45, 7) is 4.24. The highest BCUT2D eigenvalue weighted by Crippen LogP contribution is 2.43. The van der Waals surface area contributed by atoms with Gasteiger partial charge in [0.25, 0.3) is 0 Å². The predicted molar refractivity (Wildman–Crippen MR) is 162 cm³/mol. The molecule has 39 heavy (non-hydrogen) atoms. The van der Waals surface area contributed by atoms with Crippen molar-refractivity contribution in [2.24, 2.45) is 0 Å². The Balaban J connectivity index is 4.07. The fourth-order valence-corrected chi connectivity index (χ4v) is 4.92. The van der Waals surface area contributed by atoms with Crippen molar-refractivity contribution in [2.45, 2.75) is 135 Å². The molecule has 3 N–H and O–H groups in total. The normalized spacial score (nSPS) is 15.4. The summed E-state index contributed by atoms with van der Waals surface area (Å²) in [5, 5.41) is 13.2. The molecule has 232 valence electrons. The van der Waals surface area contributed by atoms with E-state index < -0.39 is 20.0 Å². The van der Waals surface area contributed by atoms with Crippen LogP contribution in [0, 0.1) is 0 Å². The number of aliphatic hydroxyl groups excluding tert-OH is 1. The minimum absolute atomic E-state index is 0.0605. The number of aliphatic hydroxyl groups is 1. The number of quaternary nitrogens is 1. The lowest BCUT2D eigenvalue weighted by Crippen LogP contribution is -2.45. The number of allylic oxidation sites excluding steroid dienone is 1. The Bertz CT molecular complexity index is 668. The van der Waals surface area contributed by atoms with E-state index in [1.54, 1.807) is 13.0 Å². The molecular weight excluding hydrogens is 515 g/mol. The number of carbonyl (C=O) groups excluding carboxylic acids is 1. The largest absolute Gasteiger partial charge is 0.472 e. The van der Waals surface area contributed by atoms with Gasteiger partial charge in [-0.05, 0) is 12.8 Å². The number of unbranched alkanes of at least 4 members (excludes halogenated alkanes) is 15. The van der Waals surface area contributed by atoms with Crippen LogP contribution in [0.25, 0.3) is 0 Å². The zero-order valence-corrected chi connectivity index (χ0v) is 26.8. The summed E-state index contributed by atoms with van der Waals surface area (Å²) < 4.78 is 22.9. The number of nitrogens with one attached hydrogen (secondary N) is 1. The molecule has 0 heterocycles. The van der Waals surface area contributed by atoms with E-state index in [-0.39, 0.29) is 25.5 Å². The van der Waals surface area contributed by atoms with Gasteiger partial charge in [0.2, 0.25) is 5.91 Å². The molecule has 3 unspecified atom stereocenters. The van der Waals surface area contributed by atoms with Crippen LogP contribution in [0.5, 0.6) is 0 Å². The van der Waals surface area contributed by atoms with E-state index in [1.165, 1.54) is 83.5 Å². The smallest absolute Gasteiger partial charge is 0.387 e. The average molecular weight is 578 g/mol. The van der Waals surface area contributed by atoms with Gasteiger partial charge >= 0.3 is 7.82 Å². The molecule has 0 rings (SSSR count). The highest BCUT2D eigenvalue weighted by Gasteiger charge is 2.27. The molecule has 1 amide bonds. The fraction of sp³-hybridized carbons (Fsp3) is 0.900. The number of amides is 1. The van der Waals surface area contributed by atoms with Gasteiger partial charge in [-0.3, -0.25) is 13.8 Å². The molecule has 3 atom stereocenters. The summed E-state index contributed by atoms with van der Waals surface area (Å²) >= 11 is 0. The number of rotatable bonds is 27. The summed E-state index contributed by atoms with van der Waals surface area (Å²) in [7, 11) is 1.56. The summed E-state index contributed by atoms with van der Waals surface area (Å²) in [6, 6.07) is -0.836. The third-order valence-electron chi connectivity index (χ3n) is 6.82. The Labute approximate surface area is 240 Å². The van der Waals surface area contributed by atoms with Crippen molar-refractivity contribution in [1.29, 1.82) is 0 Å². The first-order chi connectivity index (χ1) is 18.5. The lowest BCUT2D eigenvalue weighted by Gasteiger charge is -2.25. The van der Waals surface area contributed by atoms with Gasteiger partial charge in [-0.2, -0.15) is 0 Å². The Morgan fingerprint density at radius 2 is 1.33 bits per heavy atom. The first-order valence-electron chi connectivity index (χ1n) is 15.6. The second-order valence-corrected chi connectivity index (χ2v) is 13.2. The van der Waals surface area contributed by atoms with Crippen molar-refractivity contribution >= 4 is 13.7 Å². The predicted octanol–water partition coefficient (Wildman–Crippen LogP) is 6.90. The number of phosphoric ester groups is 1. The molecule has 0 aliphatic carbocycles. The molecule has 8 nitrogen and oxygen atoms in total. The molecule has 0 saturated carbocycles. The van der Waals surface area contributed by atoms with Gasteiger partial charge in [0.1, 0.15) is 13.2 Å². The SMILES string of the molecule is CCCCCCCCCCCCCCCCC/C=C/C(O)C(COP(=O)(O)OCC[N+](C)(C)C)NC(=O)CC. The molecule has 0 fully saturated rings. The van der Waals surface area contributed by atoms with E-state index in [1.807, 2.05) is 27.2 Å². The quantitative estimate of drug-likeness (QED) is 0.0425. The van der Waals surface area contributed by atoms with Crippen molar-refractivity contribution in [3.05, 3.63) is 12.2 Å². The zero-order valence-electron chi connectivity index (χ0n) is 25.9. The molecule has 0 saturated heterocycles. The highest BCUT2D eigenvalue weighted by atomic mass is 31.2. The van der Waals surface area contributed by atoms with Crippen molar-refractivity contribution in [3.63, 3.8) is 0 Å². The monoisotopic (exact) mass is 577 g/mol. The number of phosphoric acid groups is 1. The lowest BCUT2D eigenvalue weighted by atomic mass is 10.0. The number of hydrogen-bond donors (Lipinski definition) is 3.